The van der Waals surface area contributed by atoms with Crippen molar-refractivity contribution in [3.63, 3.8) is 0 Å². The van der Waals surface area contributed by atoms with Crippen LogP contribution in [-0.4, -0.2) is 16.1 Å². The second-order valence-corrected chi connectivity index (χ2v) is 5.26. The smallest absolute Gasteiger partial charge is 0.276 e. The minimum atomic E-state index is -0.278. The first-order valence-electron chi connectivity index (χ1n) is 5.94. The molecule has 100 valence electrons. The largest absolute Gasteiger partial charge is 0.399 e. The molecule has 6 heteroatoms. The van der Waals surface area contributed by atoms with Crippen molar-refractivity contribution >= 4 is 44.1 Å². The van der Waals surface area contributed by atoms with Crippen LogP contribution in [0.15, 0.2) is 46.9 Å². The van der Waals surface area contributed by atoms with Gasteiger partial charge in [0.05, 0.1) is 5.52 Å². The van der Waals surface area contributed by atoms with E-state index < -0.39 is 0 Å². The van der Waals surface area contributed by atoms with Crippen LogP contribution in [0.3, 0.4) is 0 Å². The van der Waals surface area contributed by atoms with E-state index in [1.807, 2.05) is 24.3 Å². The Kier molecular flexibility index (Phi) is 3.15. The van der Waals surface area contributed by atoms with Crippen molar-refractivity contribution in [2.45, 2.75) is 0 Å². The quantitative estimate of drug-likeness (QED) is 0.631. The lowest BCUT2D eigenvalue weighted by Gasteiger charge is -2.04. The van der Waals surface area contributed by atoms with Crippen LogP contribution in [0, 0.1) is 0 Å². The number of nitrogens with one attached hydrogen (secondary N) is 2. The second kappa shape index (κ2) is 4.97. The molecule has 0 aliphatic rings. The third-order valence-electron chi connectivity index (χ3n) is 2.88. The van der Waals surface area contributed by atoms with Gasteiger partial charge in [0.2, 0.25) is 0 Å². The van der Waals surface area contributed by atoms with Crippen molar-refractivity contribution in [3.8, 4) is 0 Å². The summed E-state index contributed by atoms with van der Waals surface area (Å²) in [7, 11) is 0. The van der Waals surface area contributed by atoms with Crippen molar-refractivity contribution in [3.05, 3.63) is 52.6 Å². The van der Waals surface area contributed by atoms with Crippen molar-refractivity contribution in [2.24, 2.45) is 0 Å². The van der Waals surface area contributed by atoms with Crippen LogP contribution in [0.25, 0.3) is 10.9 Å². The Labute approximate surface area is 123 Å². The Hall–Kier alpha value is -2.34. The van der Waals surface area contributed by atoms with E-state index in [1.54, 1.807) is 18.2 Å². The van der Waals surface area contributed by atoms with Crippen LogP contribution in [-0.2, 0) is 0 Å². The lowest BCUT2D eigenvalue weighted by atomic mass is 10.2. The molecule has 1 aromatic heterocycles. The summed E-state index contributed by atoms with van der Waals surface area (Å²) in [5, 5.41) is 10.4. The number of carbonyl (C=O) groups excluding carboxylic acids is 1. The van der Waals surface area contributed by atoms with Gasteiger partial charge in [-0.1, -0.05) is 22.0 Å². The number of fused-ring (bicyclic) bond motifs is 1. The summed E-state index contributed by atoms with van der Waals surface area (Å²) < 4.78 is 0.895. The number of amides is 1. The van der Waals surface area contributed by atoms with Gasteiger partial charge in [-0.05, 0) is 36.4 Å². The van der Waals surface area contributed by atoms with Crippen molar-refractivity contribution < 1.29 is 4.79 Å². The molecule has 0 saturated heterocycles. The fourth-order valence-corrected chi connectivity index (χ4v) is 2.36. The number of H-pyrrole nitrogens is 1. The number of hydrogen-bond acceptors (Lipinski definition) is 3. The van der Waals surface area contributed by atoms with Crippen LogP contribution < -0.4 is 11.1 Å². The number of nitrogens with zero attached hydrogens (tertiary/aromatic N) is 1. The fraction of sp³-hybridized carbons (Fsp3) is 0. The highest BCUT2D eigenvalue weighted by atomic mass is 79.9. The van der Waals surface area contributed by atoms with Crippen molar-refractivity contribution in [1.29, 1.82) is 0 Å². The number of rotatable bonds is 2. The molecule has 0 aliphatic carbocycles. The van der Waals surface area contributed by atoms with Crippen molar-refractivity contribution in [1.82, 2.24) is 10.2 Å². The number of aromatic nitrogens is 2. The maximum Gasteiger partial charge on any atom is 0.276 e. The number of aromatic amines is 1. The van der Waals surface area contributed by atoms with Gasteiger partial charge in [-0.15, -0.1) is 0 Å². The predicted molar refractivity (Wildman–Crippen MR) is 82.6 cm³/mol. The van der Waals surface area contributed by atoms with E-state index in [-0.39, 0.29) is 5.91 Å². The SMILES string of the molecule is Nc1ccc2[nH]nc(C(=O)Nc3cccc(Br)c3)c2c1. The molecule has 20 heavy (non-hydrogen) atoms. The zero-order valence-electron chi connectivity index (χ0n) is 10.4. The normalized spacial score (nSPS) is 10.7. The third-order valence-corrected chi connectivity index (χ3v) is 3.38. The summed E-state index contributed by atoms with van der Waals surface area (Å²) in [5.74, 6) is -0.278. The molecule has 3 rings (SSSR count). The van der Waals surface area contributed by atoms with E-state index >= 15 is 0 Å². The molecule has 0 atom stereocenters. The third kappa shape index (κ3) is 2.37. The minimum absolute atomic E-state index is 0.278. The summed E-state index contributed by atoms with van der Waals surface area (Å²) in [6.07, 6.45) is 0. The van der Waals surface area contributed by atoms with Crippen LogP contribution in [0.4, 0.5) is 11.4 Å². The molecular formula is C14H11BrN4O. The van der Waals surface area contributed by atoms with Gasteiger partial charge >= 0.3 is 0 Å². The van der Waals surface area contributed by atoms with E-state index in [0.717, 1.165) is 9.99 Å². The minimum Gasteiger partial charge on any atom is -0.399 e. The Balaban J connectivity index is 1.94. The predicted octanol–water partition coefficient (Wildman–Crippen LogP) is 3.16. The van der Waals surface area contributed by atoms with Crippen LogP contribution in [0.2, 0.25) is 0 Å². The van der Waals surface area contributed by atoms with E-state index in [0.29, 0.717) is 22.5 Å². The molecule has 2 aromatic carbocycles. The first kappa shape index (κ1) is 12.7. The molecule has 1 amide bonds. The number of anilines is 2. The highest BCUT2D eigenvalue weighted by molar-refractivity contribution is 9.10. The Morgan fingerprint density at radius 1 is 1.25 bits per heavy atom. The molecule has 0 fully saturated rings. The summed E-state index contributed by atoms with van der Waals surface area (Å²) in [6.45, 7) is 0. The summed E-state index contributed by atoms with van der Waals surface area (Å²) in [6, 6.07) is 12.7. The van der Waals surface area contributed by atoms with Gasteiger partial charge in [-0.3, -0.25) is 9.89 Å². The number of carbonyl (C=O) groups is 1. The number of halogens is 1. The molecule has 0 saturated carbocycles. The molecule has 5 nitrogen and oxygen atoms in total. The first-order valence-corrected chi connectivity index (χ1v) is 6.73. The van der Waals surface area contributed by atoms with Crippen LogP contribution >= 0.6 is 15.9 Å². The van der Waals surface area contributed by atoms with E-state index in [2.05, 4.69) is 31.4 Å². The Bertz CT molecular complexity index is 797. The van der Waals surface area contributed by atoms with Gasteiger partial charge in [0.1, 0.15) is 0 Å². The maximum atomic E-state index is 12.3. The van der Waals surface area contributed by atoms with Crippen LogP contribution in [0.5, 0.6) is 0 Å². The topological polar surface area (TPSA) is 83.8 Å². The maximum absolute atomic E-state index is 12.3. The highest BCUT2D eigenvalue weighted by Crippen LogP contribution is 2.21. The molecule has 1 heterocycles. The van der Waals surface area contributed by atoms with Gasteiger partial charge in [0.25, 0.3) is 5.91 Å². The number of hydrogen-bond donors (Lipinski definition) is 3. The zero-order valence-corrected chi connectivity index (χ0v) is 11.9. The second-order valence-electron chi connectivity index (χ2n) is 4.34. The molecule has 0 spiro atoms. The highest BCUT2D eigenvalue weighted by Gasteiger charge is 2.14. The first-order chi connectivity index (χ1) is 9.63. The van der Waals surface area contributed by atoms with Crippen molar-refractivity contribution in [2.75, 3.05) is 11.1 Å². The summed E-state index contributed by atoms with van der Waals surface area (Å²) >= 11 is 3.36. The standard InChI is InChI=1S/C14H11BrN4O/c15-8-2-1-3-10(6-8)17-14(20)13-11-7-9(16)4-5-12(11)18-19-13/h1-7H,16H2,(H,17,20)(H,18,19). The van der Waals surface area contributed by atoms with E-state index in [9.17, 15) is 4.79 Å². The molecular weight excluding hydrogens is 320 g/mol. The molecule has 0 bridgehead atoms. The van der Waals surface area contributed by atoms with Gasteiger partial charge in [0, 0.05) is 21.2 Å². The zero-order chi connectivity index (χ0) is 14.1. The number of nitrogens with two attached hydrogens (primary N) is 1. The molecule has 0 aliphatic heterocycles. The number of benzene rings is 2. The molecule has 3 aromatic rings. The molecule has 0 radical (unpaired) electrons. The monoisotopic (exact) mass is 330 g/mol. The Morgan fingerprint density at radius 2 is 2.10 bits per heavy atom. The van der Waals surface area contributed by atoms with E-state index in [4.69, 9.17) is 5.73 Å². The lowest BCUT2D eigenvalue weighted by molar-refractivity contribution is 0.102. The van der Waals surface area contributed by atoms with Gasteiger partial charge < -0.3 is 11.1 Å². The molecule has 0 unspecified atom stereocenters. The average Bonchev–Trinajstić information content (AvgIpc) is 2.81. The molecule has 4 N–H and O–H groups in total. The van der Waals surface area contributed by atoms with Gasteiger partial charge in [-0.25, -0.2) is 0 Å². The van der Waals surface area contributed by atoms with Gasteiger partial charge in [-0.2, -0.15) is 5.10 Å². The lowest BCUT2D eigenvalue weighted by Crippen LogP contribution is -2.12. The number of nitrogen functional groups attached to an aromatic ring is 1. The summed E-state index contributed by atoms with van der Waals surface area (Å²) in [5.41, 5.74) is 8.14. The van der Waals surface area contributed by atoms with E-state index in [1.165, 1.54) is 0 Å². The average molecular weight is 331 g/mol. The van der Waals surface area contributed by atoms with Gasteiger partial charge in [0.15, 0.2) is 5.69 Å². The Morgan fingerprint density at radius 3 is 2.90 bits per heavy atom. The summed E-state index contributed by atoms with van der Waals surface area (Å²) in [4.78, 5) is 12.3. The van der Waals surface area contributed by atoms with Crippen LogP contribution in [0.1, 0.15) is 10.5 Å². The fourth-order valence-electron chi connectivity index (χ4n) is 1.96.